The summed E-state index contributed by atoms with van der Waals surface area (Å²) in [5, 5.41) is 14.7. The Balaban J connectivity index is 1.88. The van der Waals surface area contributed by atoms with Crippen LogP contribution in [0.25, 0.3) is 5.69 Å². The summed E-state index contributed by atoms with van der Waals surface area (Å²) in [6, 6.07) is 17.5. The van der Waals surface area contributed by atoms with Gasteiger partial charge in [0.2, 0.25) is 0 Å². The van der Waals surface area contributed by atoms with Gasteiger partial charge in [-0.05, 0) is 29.8 Å². The first kappa shape index (κ1) is 13.1. The van der Waals surface area contributed by atoms with Crippen molar-refractivity contribution in [1.82, 2.24) is 9.78 Å². The number of halogens is 1. The molecule has 1 N–H and O–H groups in total. The van der Waals surface area contributed by atoms with E-state index in [0.717, 1.165) is 21.3 Å². The molecule has 2 aromatic carbocycles. The number of hydrogen-bond acceptors (Lipinski definition) is 2. The van der Waals surface area contributed by atoms with Crippen LogP contribution in [0.4, 0.5) is 0 Å². The minimum Gasteiger partial charge on any atom is -0.384 e. The Bertz CT molecular complexity index is 692. The van der Waals surface area contributed by atoms with Gasteiger partial charge in [-0.3, -0.25) is 0 Å². The van der Waals surface area contributed by atoms with E-state index in [0.29, 0.717) is 0 Å². The minimum absolute atomic E-state index is 0.666. The third kappa shape index (κ3) is 2.66. The van der Waals surface area contributed by atoms with Crippen molar-refractivity contribution in [3.05, 3.63) is 82.6 Å². The number of para-hydroxylation sites is 1. The van der Waals surface area contributed by atoms with Crippen LogP contribution in [-0.2, 0) is 0 Å². The Kier molecular flexibility index (Phi) is 3.67. The molecule has 0 radical (unpaired) electrons. The van der Waals surface area contributed by atoms with E-state index in [-0.39, 0.29) is 0 Å². The van der Waals surface area contributed by atoms with Crippen LogP contribution in [0.1, 0.15) is 17.2 Å². The third-order valence-electron chi connectivity index (χ3n) is 3.12. The van der Waals surface area contributed by atoms with Gasteiger partial charge < -0.3 is 5.11 Å². The van der Waals surface area contributed by atoms with Crippen molar-refractivity contribution in [3.8, 4) is 5.69 Å². The fraction of sp³-hybridized carbons (Fsp3) is 0.0625. The third-order valence-corrected chi connectivity index (χ3v) is 3.65. The average molecular weight is 329 g/mol. The molecule has 4 heteroatoms. The number of nitrogens with zero attached hydrogens (tertiary/aromatic N) is 2. The van der Waals surface area contributed by atoms with Crippen LogP contribution in [0, 0.1) is 0 Å². The Labute approximate surface area is 125 Å². The molecule has 0 bridgehead atoms. The second kappa shape index (κ2) is 5.61. The van der Waals surface area contributed by atoms with Crippen molar-refractivity contribution in [3.63, 3.8) is 0 Å². The number of aliphatic hydroxyl groups is 1. The van der Waals surface area contributed by atoms with Gasteiger partial charge in [0, 0.05) is 16.2 Å². The number of rotatable bonds is 3. The van der Waals surface area contributed by atoms with Crippen molar-refractivity contribution < 1.29 is 5.11 Å². The maximum Gasteiger partial charge on any atom is 0.107 e. The fourth-order valence-corrected chi connectivity index (χ4v) is 2.30. The summed E-state index contributed by atoms with van der Waals surface area (Å²) in [7, 11) is 0. The predicted octanol–water partition coefficient (Wildman–Crippen LogP) is 3.72. The largest absolute Gasteiger partial charge is 0.384 e. The molecular weight excluding hydrogens is 316 g/mol. The van der Waals surface area contributed by atoms with E-state index in [2.05, 4.69) is 21.0 Å². The zero-order chi connectivity index (χ0) is 13.9. The van der Waals surface area contributed by atoms with Crippen molar-refractivity contribution in [2.24, 2.45) is 0 Å². The zero-order valence-corrected chi connectivity index (χ0v) is 12.2. The molecule has 1 unspecified atom stereocenters. The lowest BCUT2D eigenvalue weighted by Gasteiger charge is -2.08. The van der Waals surface area contributed by atoms with E-state index >= 15 is 0 Å². The minimum atomic E-state index is -0.666. The molecule has 100 valence electrons. The van der Waals surface area contributed by atoms with Crippen LogP contribution >= 0.6 is 15.9 Å². The van der Waals surface area contributed by atoms with E-state index in [1.54, 1.807) is 10.9 Å². The Morgan fingerprint density at radius 2 is 1.65 bits per heavy atom. The highest BCUT2D eigenvalue weighted by molar-refractivity contribution is 9.10. The molecule has 0 aliphatic rings. The van der Waals surface area contributed by atoms with E-state index in [1.807, 2.05) is 60.8 Å². The molecule has 0 amide bonds. The fourth-order valence-electron chi connectivity index (χ4n) is 2.04. The van der Waals surface area contributed by atoms with Gasteiger partial charge in [0.1, 0.15) is 6.10 Å². The summed E-state index contributed by atoms with van der Waals surface area (Å²) in [5.41, 5.74) is 2.60. The summed E-state index contributed by atoms with van der Waals surface area (Å²) in [4.78, 5) is 0. The van der Waals surface area contributed by atoms with Gasteiger partial charge >= 0.3 is 0 Å². The molecule has 0 aliphatic carbocycles. The van der Waals surface area contributed by atoms with Crippen LogP contribution in [0.5, 0.6) is 0 Å². The van der Waals surface area contributed by atoms with Crippen LogP contribution in [-0.4, -0.2) is 14.9 Å². The second-order valence-corrected chi connectivity index (χ2v) is 5.42. The normalized spacial score (nSPS) is 12.3. The highest BCUT2D eigenvalue weighted by Gasteiger charge is 2.12. The molecular formula is C16H13BrN2O. The van der Waals surface area contributed by atoms with E-state index in [9.17, 15) is 5.11 Å². The van der Waals surface area contributed by atoms with Crippen LogP contribution in [0.15, 0.2) is 71.5 Å². The maximum atomic E-state index is 10.4. The topological polar surface area (TPSA) is 38.1 Å². The van der Waals surface area contributed by atoms with Gasteiger partial charge in [0.15, 0.2) is 0 Å². The lowest BCUT2D eigenvalue weighted by Crippen LogP contribution is -1.98. The van der Waals surface area contributed by atoms with Crippen molar-refractivity contribution in [2.75, 3.05) is 0 Å². The Morgan fingerprint density at radius 1 is 0.950 bits per heavy atom. The molecule has 0 spiro atoms. The van der Waals surface area contributed by atoms with Crippen LogP contribution < -0.4 is 0 Å². The van der Waals surface area contributed by atoms with E-state index in [4.69, 9.17) is 0 Å². The lowest BCUT2D eigenvalue weighted by molar-refractivity contribution is 0.220. The smallest absolute Gasteiger partial charge is 0.107 e. The van der Waals surface area contributed by atoms with Crippen LogP contribution in [0.2, 0.25) is 0 Å². The second-order valence-electron chi connectivity index (χ2n) is 4.51. The first-order valence-electron chi connectivity index (χ1n) is 6.27. The number of hydrogen-bond donors (Lipinski definition) is 1. The monoisotopic (exact) mass is 328 g/mol. The molecule has 20 heavy (non-hydrogen) atoms. The van der Waals surface area contributed by atoms with Crippen LogP contribution in [0.3, 0.4) is 0 Å². The molecule has 0 fully saturated rings. The number of aromatic nitrogens is 2. The Hall–Kier alpha value is -1.91. The van der Waals surface area contributed by atoms with Gasteiger partial charge in [-0.2, -0.15) is 5.10 Å². The average Bonchev–Trinajstić information content (AvgIpc) is 2.98. The maximum absolute atomic E-state index is 10.4. The number of benzene rings is 2. The highest BCUT2D eigenvalue weighted by Crippen LogP contribution is 2.23. The summed E-state index contributed by atoms with van der Waals surface area (Å²) in [5.74, 6) is 0. The van der Waals surface area contributed by atoms with Gasteiger partial charge in [-0.25, -0.2) is 4.68 Å². The van der Waals surface area contributed by atoms with Gasteiger partial charge in [-0.1, -0.05) is 46.3 Å². The molecule has 0 aliphatic heterocycles. The molecule has 1 atom stereocenters. The summed E-state index contributed by atoms with van der Waals surface area (Å²) < 4.78 is 2.76. The van der Waals surface area contributed by atoms with Gasteiger partial charge in [0.25, 0.3) is 0 Å². The first-order valence-corrected chi connectivity index (χ1v) is 7.07. The summed E-state index contributed by atoms with van der Waals surface area (Å²) in [6.07, 6.45) is 2.88. The Morgan fingerprint density at radius 3 is 2.35 bits per heavy atom. The first-order chi connectivity index (χ1) is 9.74. The highest BCUT2D eigenvalue weighted by atomic mass is 79.9. The summed E-state index contributed by atoms with van der Waals surface area (Å²) >= 11 is 3.39. The van der Waals surface area contributed by atoms with Crippen molar-refractivity contribution >= 4 is 15.9 Å². The lowest BCUT2D eigenvalue weighted by atomic mass is 10.1. The van der Waals surface area contributed by atoms with E-state index < -0.39 is 6.10 Å². The standard InChI is InChI=1S/C16H13BrN2O/c17-14-8-6-12(7-9-14)16(20)13-10-18-19(11-13)15-4-2-1-3-5-15/h1-11,16,20H. The molecule has 3 rings (SSSR count). The molecule has 0 saturated carbocycles. The zero-order valence-electron chi connectivity index (χ0n) is 10.6. The quantitative estimate of drug-likeness (QED) is 0.795. The van der Waals surface area contributed by atoms with Gasteiger partial charge in [0.05, 0.1) is 11.9 Å². The SMILES string of the molecule is OC(c1ccc(Br)cc1)c1cnn(-c2ccccc2)c1. The van der Waals surface area contributed by atoms with E-state index in [1.165, 1.54) is 0 Å². The summed E-state index contributed by atoms with van der Waals surface area (Å²) in [6.45, 7) is 0. The molecule has 0 saturated heterocycles. The van der Waals surface area contributed by atoms with Crippen molar-refractivity contribution in [1.29, 1.82) is 0 Å². The molecule has 1 aromatic heterocycles. The predicted molar refractivity (Wildman–Crippen MR) is 81.8 cm³/mol. The van der Waals surface area contributed by atoms with Gasteiger partial charge in [-0.15, -0.1) is 0 Å². The van der Waals surface area contributed by atoms with Crippen molar-refractivity contribution in [2.45, 2.75) is 6.10 Å². The molecule has 1 heterocycles. The number of aliphatic hydroxyl groups excluding tert-OH is 1. The molecule has 3 nitrogen and oxygen atoms in total. The molecule has 3 aromatic rings.